The van der Waals surface area contributed by atoms with Crippen LogP contribution in [0.5, 0.6) is 0 Å². The molecule has 0 aromatic rings. The van der Waals surface area contributed by atoms with Crippen molar-refractivity contribution in [3.63, 3.8) is 0 Å². The first kappa shape index (κ1) is 12.4. The van der Waals surface area contributed by atoms with Crippen molar-refractivity contribution in [1.82, 2.24) is 5.32 Å². The van der Waals surface area contributed by atoms with Gasteiger partial charge in [0.05, 0.1) is 0 Å². The van der Waals surface area contributed by atoms with Crippen LogP contribution in [0.2, 0.25) is 0 Å². The fraction of sp³-hybridized carbons (Fsp3) is 0.500. The summed E-state index contributed by atoms with van der Waals surface area (Å²) in [6.07, 6.45) is 2.54. The Hall–Kier alpha value is -1.69. The van der Waals surface area contributed by atoms with Gasteiger partial charge in [0.25, 0.3) is 5.91 Å². The lowest BCUT2D eigenvalue weighted by atomic mass is 9.82. The van der Waals surface area contributed by atoms with Crippen molar-refractivity contribution >= 4 is 17.4 Å². The summed E-state index contributed by atoms with van der Waals surface area (Å²) in [4.78, 5) is 26.8. The average molecular weight is 225 g/mol. The highest BCUT2D eigenvalue weighted by atomic mass is 16.3. The summed E-state index contributed by atoms with van der Waals surface area (Å²) in [5.74, 6) is -1.50. The summed E-state index contributed by atoms with van der Waals surface area (Å²) in [5, 5.41) is 12.6. The van der Waals surface area contributed by atoms with Gasteiger partial charge >= 0.3 is 0 Å². The van der Waals surface area contributed by atoms with Gasteiger partial charge in [-0.1, -0.05) is 20.8 Å². The fourth-order valence-corrected chi connectivity index (χ4v) is 1.39. The monoisotopic (exact) mass is 225 g/mol. The largest absolute Gasteiger partial charge is 0.364 e. The number of nitrogens with two attached hydrogens (primary N) is 1. The standard InChI is InChI=1S/C10H15N3O3/c1-9(2,3)8(15)10(16)6(7(11)14)12-4-5-13-10/h4-5,13,16H,1-3H3,(H2,11,14). The lowest BCUT2D eigenvalue weighted by molar-refractivity contribution is -0.141. The molecule has 0 radical (unpaired) electrons. The highest BCUT2D eigenvalue weighted by Gasteiger charge is 2.48. The van der Waals surface area contributed by atoms with Crippen molar-refractivity contribution in [3.8, 4) is 0 Å². The third-order valence-corrected chi connectivity index (χ3v) is 2.16. The second kappa shape index (κ2) is 3.71. The highest BCUT2D eigenvalue weighted by molar-refractivity contribution is 6.46. The van der Waals surface area contributed by atoms with Crippen molar-refractivity contribution in [1.29, 1.82) is 0 Å². The molecule has 1 heterocycles. The van der Waals surface area contributed by atoms with Crippen LogP contribution in [0.15, 0.2) is 17.4 Å². The van der Waals surface area contributed by atoms with Crippen LogP contribution in [0, 0.1) is 5.41 Å². The summed E-state index contributed by atoms with van der Waals surface area (Å²) in [6.45, 7) is 4.89. The average Bonchev–Trinajstić information content (AvgIpc) is 2.15. The molecule has 1 aliphatic rings. The molecule has 16 heavy (non-hydrogen) atoms. The van der Waals surface area contributed by atoms with Gasteiger partial charge in [0.15, 0.2) is 11.5 Å². The number of nitrogens with zero attached hydrogens (tertiary/aromatic N) is 1. The van der Waals surface area contributed by atoms with E-state index in [0.717, 1.165) is 0 Å². The van der Waals surface area contributed by atoms with Crippen molar-refractivity contribution in [2.75, 3.05) is 0 Å². The normalized spacial score (nSPS) is 24.6. The Morgan fingerprint density at radius 2 is 2.06 bits per heavy atom. The molecule has 0 saturated carbocycles. The van der Waals surface area contributed by atoms with E-state index in [9.17, 15) is 14.7 Å². The zero-order chi connectivity index (χ0) is 12.6. The lowest BCUT2D eigenvalue weighted by Crippen LogP contribution is -2.63. The molecule has 1 amide bonds. The number of nitrogens with one attached hydrogen (secondary N) is 1. The van der Waals surface area contributed by atoms with E-state index in [1.54, 1.807) is 20.8 Å². The molecule has 88 valence electrons. The van der Waals surface area contributed by atoms with Crippen molar-refractivity contribution < 1.29 is 14.7 Å². The van der Waals surface area contributed by atoms with Gasteiger partial charge < -0.3 is 16.2 Å². The Labute approximate surface area is 93.2 Å². The fourth-order valence-electron chi connectivity index (χ4n) is 1.39. The van der Waals surface area contributed by atoms with E-state index in [1.165, 1.54) is 12.4 Å². The molecule has 1 atom stereocenters. The van der Waals surface area contributed by atoms with Crippen molar-refractivity contribution in [3.05, 3.63) is 12.4 Å². The van der Waals surface area contributed by atoms with Gasteiger partial charge in [-0.3, -0.25) is 9.59 Å². The minimum Gasteiger partial charge on any atom is -0.364 e. The van der Waals surface area contributed by atoms with Crippen LogP contribution >= 0.6 is 0 Å². The second-order valence-electron chi connectivity index (χ2n) is 4.59. The topological polar surface area (TPSA) is 105 Å². The number of Topliss-reactive ketones (excluding diaryl/α,β-unsaturated/α-hetero) is 1. The zero-order valence-corrected chi connectivity index (χ0v) is 9.44. The number of aliphatic hydroxyl groups is 1. The van der Waals surface area contributed by atoms with E-state index in [1.807, 2.05) is 0 Å². The number of hydrogen-bond acceptors (Lipinski definition) is 5. The van der Waals surface area contributed by atoms with Crippen molar-refractivity contribution in [2.45, 2.75) is 26.5 Å². The molecule has 0 aromatic carbocycles. The molecule has 4 N–H and O–H groups in total. The molecule has 0 saturated heterocycles. The first-order valence-electron chi connectivity index (χ1n) is 4.77. The Morgan fingerprint density at radius 3 is 2.50 bits per heavy atom. The minimum absolute atomic E-state index is 0.394. The summed E-state index contributed by atoms with van der Waals surface area (Å²) >= 11 is 0. The van der Waals surface area contributed by atoms with E-state index in [0.29, 0.717) is 0 Å². The van der Waals surface area contributed by atoms with Gasteiger partial charge in [-0.05, 0) is 0 Å². The third-order valence-electron chi connectivity index (χ3n) is 2.16. The van der Waals surface area contributed by atoms with Gasteiger partial charge in [-0.25, -0.2) is 4.99 Å². The summed E-state index contributed by atoms with van der Waals surface area (Å²) in [5.41, 5.74) is 1.70. The Bertz CT molecular complexity index is 393. The SMILES string of the molecule is CC(C)(C)C(=O)C1(O)NC=CN=C1C(N)=O. The second-order valence-corrected chi connectivity index (χ2v) is 4.59. The van der Waals surface area contributed by atoms with Crippen LogP contribution in [-0.4, -0.2) is 28.2 Å². The van der Waals surface area contributed by atoms with Crippen LogP contribution in [-0.2, 0) is 9.59 Å². The number of primary amides is 1. The van der Waals surface area contributed by atoms with Crippen LogP contribution < -0.4 is 11.1 Å². The maximum Gasteiger partial charge on any atom is 0.268 e. The van der Waals surface area contributed by atoms with E-state index >= 15 is 0 Å². The van der Waals surface area contributed by atoms with Gasteiger partial charge in [0, 0.05) is 17.8 Å². The smallest absolute Gasteiger partial charge is 0.268 e. The maximum atomic E-state index is 12.0. The predicted molar refractivity (Wildman–Crippen MR) is 58.3 cm³/mol. The van der Waals surface area contributed by atoms with Gasteiger partial charge in [-0.15, -0.1) is 0 Å². The molecule has 6 heteroatoms. The van der Waals surface area contributed by atoms with E-state index in [2.05, 4.69) is 10.3 Å². The molecule has 0 aliphatic carbocycles. The van der Waals surface area contributed by atoms with E-state index in [4.69, 9.17) is 5.73 Å². The molecule has 1 unspecified atom stereocenters. The van der Waals surface area contributed by atoms with Crippen LogP contribution in [0.4, 0.5) is 0 Å². The Morgan fingerprint density at radius 1 is 1.50 bits per heavy atom. The molecule has 0 bridgehead atoms. The number of carbonyl (C=O) groups excluding carboxylic acids is 2. The molecule has 0 spiro atoms. The molecule has 1 rings (SSSR count). The van der Waals surface area contributed by atoms with Gasteiger partial charge in [-0.2, -0.15) is 0 Å². The van der Waals surface area contributed by atoms with E-state index in [-0.39, 0.29) is 0 Å². The number of carbonyl (C=O) groups is 2. The number of amides is 1. The van der Waals surface area contributed by atoms with Crippen molar-refractivity contribution in [2.24, 2.45) is 16.1 Å². The van der Waals surface area contributed by atoms with Crippen LogP contribution in [0.3, 0.4) is 0 Å². The molecule has 0 aromatic heterocycles. The molecule has 1 aliphatic heterocycles. The number of ketones is 1. The summed E-state index contributed by atoms with van der Waals surface area (Å²) in [6, 6.07) is 0. The van der Waals surface area contributed by atoms with E-state index < -0.39 is 28.5 Å². The third kappa shape index (κ3) is 1.96. The first-order chi connectivity index (χ1) is 7.19. The quantitative estimate of drug-likeness (QED) is 0.577. The molecule has 0 fully saturated rings. The van der Waals surface area contributed by atoms with Crippen LogP contribution in [0.1, 0.15) is 20.8 Å². The Balaban J connectivity index is 3.19. The summed E-state index contributed by atoms with van der Waals surface area (Å²) < 4.78 is 0. The minimum atomic E-state index is -2.14. The summed E-state index contributed by atoms with van der Waals surface area (Å²) in [7, 11) is 0. The zero-order valence-electron chi connectivity index (χ0n) is 9.44. The molecular formula is C10H15N3O3. The molecular weight excluding hydrogens is 210 g/mol. The number of aliphatic imine (C=N–C) groups is 1. The maximum absolute atomic E-state index is 12.0. The lowest BCUT2D eigenvalue weighted by Gasteiger charge is -2.33. The highest BCUT2D eigenvalue weighted by Crippen LogP contribution is 2.24. The Kier molecular flexibility index (Phi) is 2.87. The van der Waals surface area contributed by atoms with Crippen LogP contribution in [0.25, 0.3) is 0 Å². The van der Waals surface area contributed by atoms with Gasteiger partial charge in [0.1, 0.15) is 0 Å². The number of hydrogen-bond donors (Lipinski definition) is 3. The number of rotatable bonds is 2. The molecule has 6 nitrogen and oxygen atoms in total. The predicted octanol–water partition coefficient (Wildman–Crippen LogP) is -0.709. The van der Waals surface area contributed by atoms with Gasteiger partial charge in [0.2, 0.25) is 5.72 Å². The first-order valence-corrected chi connectivity index (χ1v) is 4.77.